The molecule has 1 aliphatic rings. The third-order valence-electron chi connectivity index (χ3n) is 1.95. The van der Waals surface area contributed by atoms with Crippen molar-refractivity contribution in [3.05, 3.63) is 36.2 Å². The van der Waals surface area contributed by atoms with E-state index >= 15 is 0 Å². The van der Waals surface area contributed by atoms with Gasteiger partial charge in [0, 0.05) is 24.3 Å². The monoisotopic (exact) mass is 176 g/mol. The van der Waals surface area contributed by atoms with Gasteiger partial charge in [-0.25, -0.2) is 4.99 Å². The van der Waals surface area contributed by atoms with Gasteiger partial charge < -0.3 is 5.32 Å². The molecule has 0 aromatic heterocycles. The minimum absolute atomic E-state index is 0.0207. The largest absolute Gasteiger partial charge is 0.373 e. The lowest BCUT2D eigenvalue weighted by molar-refractivity contribution is 0.694. The van der Waals surface area contributed by atoms with E-state index in [9.17, 15) is 0 Å². The fourth-order valence-electron chi connectivity index (χ4n) is 1.11. The summed E-state index contributed by atoms with van der Waals surface area (Å²) >= 11 is 0. The second kappa shape index (κ2) is 3.60. The number of hydrogen-bond acceptors (Lipinski definition) is 2. The van der Waals surface area contributed by atoms with Gasteiger partial charge >= 0.3 is 0 Å². The Morgan fingerprint density at radius 3 is 2.77 bits per heavy atom. The van der Waals surface area contributed by atoms with Crippen LogP contribution in [0.2, 0.25) is 0 Å². The van der Waals surface area contributed by atoms with Crippen molar-refractivity contribution in [1.29, 1.82) is 0 Å². The first-order valence-corrected chi connectivity index (χ1v) is 4.38. The molecule has 0 saturated carbocycles. The lowest BCUT2D eigenvalue weighted by atomic mass is 9.94. The van der Waals surface area contributed by atoms with E-state index in [0.29, 0.717) is 0 Å². The Kier molecular flexibility index (Phi) is 2.71. The molecule has 0 bridgehead atoms. The summed E-state index contributed by atoms with van der Waals surface area (Å²) in [6, 6.07) is 0. The van der Waals surface area contributed by atoms with Gasteiger partial charge in [0.25, 0.3) is 0 Å². The molecule has 1 N–H and O–H groups in total. The second-order valence-electron chi connectivity index (χ2n) is 3.67. The predicted molar refractivity (Wildman–Crippen MR) is 57.7 cm³/mol. The summed E-state index contributed by atoms with van der Waals surface area (Å²) in [7, 11) is 1.86. The molecular weight excluding hydrogens is 160 g/mol. The van der Waals surface area contributed by atoms with Crippen molar-refractivity contribution >= 4 is 6.21 Å². The highest BCUT2D eigenvalue weighted by atomic mass is 15.0. The molecule has 1 heterocycles. The molecule has 0 aliphatic carbocycles. The maximum Gasteiger partial charge on any atom is 0.132 e. The molecule has 0 radical (unpaired) electrons. The maximum absolute atomic E-state index is 4.36. The van der Waals surface area contributed by atoms with Crippen LogP contribution in [0.4, 0.5) is 0 Å². The van der Waals surface area contributed by atoms with Gasteiger partial charge in [-0.2, -0.15) is 0 Å². The highest BCUT2D eigenvalue weighted by Crippen LogP contribution is 2.20. The van der Waals surface area contributed by atoms with Gasteiger partial charge in [0.1, 0.15) is 5.82 Å². The van der Waals surface area contributed by atoms with Crippen LogP contribution in [-0.4, -0.2) is 13.3 Å². The van der Waals surface area contributed by atoms with Crippen LogP contribution in [0.25, 0.3) is 0 Å². The molecule has 0 aromatic rings. The Hall–Kier alpha value is -1.31. The summed E-state index contributed by atoms with van der Waals surface area (Å²) in [6.45, 7) is 7.98. The number of allylic oxidation sites excluding steroid dienone is 4. The second-order valence-corrected chi connectivity index (χ2v) is 3.67. The zero-order valence-corrected chi connectivity index (χ0v) is 8.46. The third-order valence-corrected chi connectivity index (χ3v) is 1.95. The zero-order chi connectivity index (χ0) is 9.90. The van der Waals surface area contributed by atoms with E-state index in [2.05, 4.69) is 36.8 Å². The molecule has 1 rings (SSSR count). The van der Waals surface area contributed by atoms with Crippen molar-refractivity contribution in [2.75, 3.05) is 7.05 Å². The van der Waals surface area contributed by atoms with Crippen LogP contribution >= 0.6 is 0 Å². The van der Waals surface area contributed by atoms with Gasteiger partial charge in [-0.15, -0.1) is 0 Å². The van der Waals surface area contributed by atoms with E-state index < -0.39 is 0 Å². The summed E-state index contributed by atoms with van der Waals surface area (Å²) in [4.78, 5) is 4.36. The number of rotatable bonds is 2. The smallest absolute Gasteiger partial charge is 0.132 e. The fourth-order valence-corrected chi connectivity index (χ4v) is 1.11. The number of nitrogens with zero attached hydrogens (tertiary/aromatic N) is 1. The van der Waals surface area contributed by atoms with Crippen molar-refractivity contribution in [2.45, 2.75) is 13.8 Å². The van der Waals surface area contributed by atoms with Crippen LogP contribution in [-0.2, 0) is 0 Å². The summed E-state index contributed by atoms with van der Waals surface area (Å²) in [5.41, 5.74) is 1.05. The van der Waals surface area contributed by atoms with Crippen molar-refractivity contribution in [2.24, 2.45) is 10.4 Å². The summed E-state index contributed by atoms with van der Waals surface area (Å²) in [6.07, 6.45) is 7.91. The van der Waals surface area contributed by atoms with Crippen molar-refractivity contribution in [3.63, 3.8) is 0 Å². The van der Waals surface area contributed by atoms with Crippen molar-refractivity contribution in [1.82, 2.24) is 5.32 Å². The van der Waals surface area contributed by atoms with Gasteiger partial charge in [-0.05, 0) is 0 Å². The van der Waals surface area contributed by atoms with Crippen molar-refractivity contribution < 1.29 is 0 Å². The number of aliphatic imine (C=N–C) groups is 1. The summed E-state index contributed by atoms with van der Waals surface area (Å²) in [5.74, 6) is 0.872. The Morgan fingerprint density at radius 1 is 1.54 bits per heavy atom. The molecule has 0 amide bonds. The van der Waals surface area contributed by atoms with E-state index in [4.69, 9.17) is 0 Å². The average Bonchev–Trinajstić information content (AvgIpc) is 2.23. The lowest BCUT2D eigenvalue weighted by Crippen LogP contribution is -2.09. The molecule has 2 nitrogen and oxygen atoms in total. The third kappa shape index (κ3) is 2.31. The summed E-state index contributed by atoms with van der Waals surface area (Å²) < 4.78 is 0. The van der Waals surface area contributed by atoms with Crippen LogP contribution < -0.4 is 5.32 Å². The quantitative estimate of drug-likeness (QED) is 0.685. The zero-order valence-electron chi connectivity index (χ0n) is 8.46. The first kappa shape index (κ1) is 9.78. The lowest BCUT2D eigenvalue weighted by Gasteiger charge is -2.10. The van der Waals surface area contributed by atoms with Crippen molar-refractivity contribution in [3.8, 4) is 0 Å². The van der Waals surface area contributed by atoms with Gasteiger partial charge in [0.2, 0.25) is 0 Å². The average molecular weight is 176 g/mol. The molecule has 0 atom stereocenters. The Balaban J connectivity index is 3.09. The normalized spacial score (nSPS) is 19.9. The minimum Gasteiger partial charge on any atom is -0.373 e. The minimum atomic E-state index is 0.0207. The predicted octanol–water partition coefficient (Wildman–Crippen LogP) is 2.27. The fraction of sp³-hybridized carbons (Fsp3) is 0.364. The molecule has 1 aliphatic heterocycles. The van der Waals surface area contributed by atoms with Crippen LogP contribution in [0, 0.1) is 5.41 Å². The molecule has 70 valence electrons. The molecule has 2 heteroatoms. The highest BCUT2D eigenvalue weighted by Gasteiger charge is 2.13. The number of nitrogens with one attached hydrogen (secondary N) is 1. The van der Waals surface area contributed by atoms with E-state index in [0.717, 1.165) is 11.4 Å². The first-order valence-electron chi connectivity index (χ1n) is 4.38. The molecule has 0 fully saturated rings. The van der Waals surface area contributed by atoms with Gasteiger partial charge in [0.05, 0.1) is 0 Å². The molecule has 0 saturated heterocycles. The van der Waals surface area contributed by atoms with Crippen LogP contribution in [0.5, 0.6) is 0 Å². The Labute approximate surface area is 79.8 Å². The molecule has 0 spiro atoms. The molecule has 0 unspecified atom stereocenters. The van der Waals surface area contributed by atoms with E-state index in [-0.39, 0.29) is 5.41 Å². The Morgan fingerprint density at radius 2 is 2.23 bits per heavy atom. The van der Waals surface area contributed by atoms with E-state index in [1.807, 2.05) is 19.3 Å². The molecule has 0 aromatic carbocycles. The summed E-state index contributed by atoms with van der Waals surface area (Å²) in [5, 5.41) is 3.04. The standard InChI is InChI=1S/C11H16N2/c1-5-9-6-7-11(2,3)8-13-10(9)12-4/h5-8,12H,1H2,2-4H3. The van der Waals surface area contributed by atoms with Gasteiger partial charge in [0.15, 0.2) is 0 Å². The van der Waals surface area contributed by atoms with Gasteiger partial charge in [-0.3, -0.25) is 0 Å². The maximum atomic E-state index is 4.36. The Bertz CT molecular complexity index is 293. The first-order chi connectivity index (χ1) is 6.09. The van der Waals surface area contributed by atoms with E-state index in [1.165, 1.54) is 0 Å². The van der Waals surface area contributed by atoms with Crippen LogP contribution in [0.1, 0.15) is 13.8 Å². The van der Waals surface area contributed by atoms with Crippen LogP contribution in [0.15, 0.2) is 41.2 Å². The number of hydrogen-bond donors (Lipinski definition) is 1. The topological polar surface area (TPSA) is 24.4 Å². The SMILES string of the molecule is C=CC1=C(NC)N=CC(C)(C)C=C1. The highest BCUT2D eigenvalue weighted by molar-refractivity contribution is 5.70. The molecular formula is C11H16N2. The van der Waals surface area contributed by atoms with Crippen LogP contribution in [0.3, 0.4) is 0 Å². The van der Waals surface area contributed by atoms with Gasteiger partial charge in [-0.1, -0.05) is 38.7 Å². The van der Waals surface area contributed by atoms with E-state index in [1.54, 1.807) is 6.08 Å². The molecule has 13 heavy (non-hydrogen) atoms.